The van der Waals surface area contributed by atoms with E-state index in [2.05, 4.69) is 0 Å². The summed E-state index contributed by atoms with van der Waals surface area (Å²) < 4.78 is 15.5. The summed E-state index contributed by atoms with van der Waals surface area (Å²) in [6.45, 7) is 0. The second kappa shape index (κ2) is 7.61. The van der Waals surface area contributed by atoms with Gasteiger partial charge in [0.2, 0.25) is 17.3 Å². The first-order chi connectivity index (χ1) is 11.5. The molecule has 0 saturated heterocycles. The van der Waals surface area contributed by atoms with Crippen LogP contribution in [0, 0.1) is 0 Å². The van der Waals surface area contributed by atoms with Gasteiger partial charge in [0.05, 0.1) is 21.3 Å². The summed E-state index contributed by atoms with van der Waals surface area (Å²) in [6, 6.07) is 11.0. The van der Waals surface area contributed by atoms with Gasteiger partial charge in [-0.15, -0.1) is 0 Å². The summed E-state index contributed by atoms with van der Waals surface area (Å²) in [7, 11) is 4.25. The van der Waals surface area contributed by atoms with E-state index in [0.717, 1.165) is 0 Å². The van der Waals surface area contributed by atoms with Crippen LogP contribution in [-0.4, -0.2) is 38.0 Å². The Hall–Kier alpha value is -2.86. The molecule has 2 rings (SSSR count). The van der Waals surface area contributed by atoms with Crippen molar-refractivity contribution in [2.75, 3.05) is 21.3 Å². The molecule has 2 aromatic carbocycles. The molecule has 0 bridgehead atoms. The van der Waals surface area contributed by atoms with Crippen LogP contribution in [0.25, 0.3) is 0 Å². The van der Waals surface area contributed by atoms with Crippen LogP contribution >= 0.6 is 0 Å². The number of hydrogen-bond acceptors (Lipinski definition) is 6. The largest absolute Gasteiger partial charge is 0.493 e. The average molecular weight is 330 g/mol. The van der Waals surface area contributed by atoms with Gasteiger partial charge in [0.15, 0.2) is 11.5 Å². The molecule has 6 nitrogen and oxygen atoms in total. The molecule has 6 heteroatoms. The summed E-state index contributed by atoms with van der Waals surface area (Å²) in [5.41, 5.74) is 0.396. The first-order valence-corrected chi connectivity index (χ1v) is 7.15. The molecule has 126 valence electrons. The van der Waals surface area contributed by atoms with Gasteiger partial charge in [-0.25, -0.2) is 0 Å². The molecule has 0 fully saturated rings. The van der Waals surface area contributed by atoms with Crippen molar-refractivity contribution in [1.82, 2.24) is 0 Å². The van der Waals surface area contributed by atoms with Crippen molar-refractivity contribution < 1.29 is 28.9 Å². The molecule has 1 N–H and O–H groups in total. The molecule has 2 aromatic rings. The van der Waals surface area contributed by atoms with E-state index in [1.54, 1.807) is 30.3 Å². The number of ketones is 2. The van der Waals surface area contributed by atoms with Crippen LogP contribution in [0.1, 0.15) is 22.0 Å². The van der Waals surface area contributed by atoms with Gasteiger partial charge in [-0.3, -0.25) is 9.59 Å². The monoisotopic (exact) mass is 330 g/mol. The normalized spacial score (nSPS) is 11.5. The fraction of sp³-hybridized carbons (Fsp3) is 0.222. The molecule has 24 heavy (non-hydrogen) atoms. The summed E-state index contributed by atoms with van der Waals surface area (Å²) in [5, 5.41) is 10.1. The minimum atomic E-state index is -1.53. The molecule has 1 atom stereocenters. The molecule has 0 aliphatic rings. The average Bonchev–Trinajstić information content (AvgIpc) is 2.65. The van der Waals surface area contributed by atoms with E-state index in [9.17, 15) is 14.7 Å². The Kier molecular flexibility index (Phi) is 5.55. The third kappa shape index (κ3) is 3.38. The maximum atomic E-state index is 12.4. The zero-order valence-electron chi connectivity index (χ0n) is 13.6. The Labute approximate surface area is 139 Å². The lowest BCUT2D eigenvalue weighted by atomic mass is 9.98. The van der Waals surface area contributed by atoms with Crippen LogP contribution in [-0.2, 0) is 4.79 Å². The maximum Gasteiger partial charge on any atom is 0.236 e. The number of rotatable bonds is 7. The number of methoxy groups -OCH3 is 3. The minimum Gasteiger partial charge on any atom is -0.493 e. The molecule has 0 saturated carbocycles. The van der Waals surface area contributed by atoms with Crippen molar-refractivity contribution in [2.45, 2.75) is 6.10 Å². The van der Waals surface area contributed by atoms with E-state index in [0.29, 0.717) is 11.3 Å². The maximum absolute atomic E-state index is 12.4. The molecular formula is C18H18O6. The molecule has 0 amide bonds. The van der Waals surface area contributed by atoms with E-state index in [1.807, 2.05) is 0 Å². The van der Waals surface area contributed by atoms with E-state index in [4.69, 9.17) is 14.2 Å². The Morgan fingerprint density at radius 1 is 0.917 bits per heavy atom. The number of Topliss-reactive ketones (excluding diaryl/α,β-unsaturated/α-hetero) is 2. The van der Waals surface area contributed by atoms with Crippen molar-refractivity contribution >= 4 is 11.6 Å². The van der Waals surface area contributed by atoms with E-state index >= 15 is 0 Å². The molecule has 0 aliphatic heterocycles. The second-order valence-electron chi connectivity index (χ2n) is 4.92. The van der Waals surface area contributed by atoms with Crippen molar-refractivity contribution in [3.63, 3.8) is 0 Å². The van der Waals surface area contributed by atoms with Crippen LogP contribution in [0.4, 0.5) is 0 Å². The third-order valence-corrected chi connectivity index (χ3v) is 3.51. The van der Waals surface area contributed by atoms with Gasteiger partial charge in [0.25, 0.3) is 0 Å². The highest BCUT2D eigenvalue weighted by Gasteiger charge is 2.27. The second-order valence-corrected chi connectivity index (χ2v) is 4.92. The molecule has 0 heterocycles. The lowest BCUT2D eigenvalue weighted by molar-refractivity contribution is -0.122. The molecular weight excluding hydrogens is 312 g/mol. The summed E-state index contributed by atoms with van der Waals surface area (Å²) in [6.07, 6.45) is -1.53. The minimum absolute atomic E-state index is 0.0458. The standard InChI is InChI=1S/C18H18O6/c1-22-13-9-12(10-14(23-2)18(13)24-3)16(20)17(21)15(19)11-7-5-4-6-8-11/h4-10,15,19H,1-3H3. The number of benzene rings is 2. The van der Waals surface area contributed by atoms with Crippen molar-refractivity contribution in [1.29, 1.82) is 0 Å². The van der Waals surface area contributed by atoms with Gasteiger partial charge in [-0.05, 0) is 17.7 Å². The summed E-state index contributed by atoms with van der Waals surface area (Å²) in [4.78, 5) is 24.7. The zero-order chi connectivity index (χ0) is 17.7. The number of ether oxygens (including phenoxy) is 3. The van der Waals surface area contributed by atoms with Gasteiger partial charge in [0.1, 0.15) is 6.10 Å². The predicted molar refractivity (Wildman–Crippen MR) is 86.8 cm³/mol. The molecule has 1 unspecified atom stereocenters. The van der Waals surface area contributed by atoms with Crippen LogP contribution in [0.2, 0.25) is 0 Å². The van der Waals surface area contributed by atoms with Crippen LogP contribution in [0.15, 0.2) is 42.5 Å². The Balaban J connectivity index is 2.37. The Morgan fingerprint density at radius 2 is 1.46 bits per heavy atom. The molecule has 0 spiro atoms. The highest BCUT2D eigenvalue weighted by molar-refractivity contribution is 6.45. The van der Waals surface area contributed by atoms with E-state index in [1.165, 1.54) is 33.5 Å². The summed E-state index contributed by atoms with van der Waals surface area (Å²) >= 11 is 0. The third-order valence-electron chi connectivity index (χ3n) is 3.51. The highest BCUT2D eigenvalue weighted by Crippen LogP contribution is 2.38. The Bertz CT molecular complexity index is 713. The number of carbonyl (C=O) groups excluding carboxylic acids is 2. The SMILES string of the molecule is COc1cc(C(=O)C(=O)C(O)c2ccccc2)cc(OC)c1OC. The van der Waals surface area contributed by atoms with Crippen LogP contribution in [0.5, 0.6) is 17.2 Å². The van der Waals surface area contributed by atoms with Crippen molar-refractivity contribution in [3.8, 4) is 17.2 Å². The lowest BCUT2D eigenvalue weighted by Gasteiger charge is -2.14. The number of hydrogen-bond donors (Lipinski definition) is 1. The van der Waals surface area contributed by atoms with Crippen molar-refractivity contribution in [3.05, 3.63) is 53.6 Å². The van der Waals surface area contributed by atoms with Gasteiger partial charge in [-0.1, -0.05) is 30.3 Å². The number of aliphatic hydroxyl groups excluding tert-OH is 1. The van der Waals surface area contributed by atoms with E-state index < -0.39 is 17.7 Å². The van der Waals surface area contributed by atoms with Crippen molar-refractivity contribution in [2.24, 2.45) is 0 Å². The van der Waals surface area contributed by atoms with Gasteiger partial charge < -0.3 is 19.3 Å². The first-order valence-electron chi connectivity index (χ1n) is 7.15. The zero-order valence-corrected chi connectivity index (χ0v) is 13.6. The van der Waals surface area contributed by atoms with Gasteiger partial charge in [-0.2, -0.15) is 0 Å². The van der Waals surface area contributed by atoms with Gasteiger partial charge >= 0.3 is 0 Å². The fourth-order valence-electron chi connectivity index (χ4n) is 2.27. The molecule has 0 aliphatic carbocycles. The predicted octanol–water partition coefficient (Wildman–Crippen LogP) is 2.20. The van der Waals surface area contributed by atoms with Crippen LogP contribution in [0.3, 0.4) is 0 Å². The summed E-state index contributed by atoms with van der Waals surface area (Å²) in [5.74, 6) is -0.960. The fourth-order valence-corrected chi connectivity index (χ4v) is 2.27. The smallest absolute Gasteiger partial charge is 0.236 e. The van der Waals surface area contributed by atoms with E-state index in [-0.39, 0.29) is 17.1 Å². The highest BCUT2D eigenvalue weighted by atomic mass is 16.5. The Morgan fingerprint density at radius 3 is 1.92 bits per heavy atom. The quantitative estimate of drug-likeness (QED) is 0.619. The lowest BCUT2D eigenvalue weighted by Crippen LogP contribution is -2.22. The molecule has 0 aromatic heterocycles. The number of carbonyl (C=O) groups is 2. The topological polar surface area (TPSA) is 82.1 Å². The number of aliphatic hydroxyl groups is 1. The first kappa shape index (κ1) is 17.5. The molecule has 0 radical (unpaired) electrons. The van der Waals surface area contributed by atoms with Gasteiger partial charge in [0, 0.05) is 5.56 Å². The van der Waals surface area contributed by atoms with Crippen LogP contribution < -0.4 is 14.2 Å².